The van der Waals surface area contributed by atoms with Crippen molar-refractivity contribution in [3.63, 3.8) is 0 Å². The third kappa shape index (κ3) is 6.04. The van der Waals surface area contributed by atoms with Crippen molar-refractivity contribution in [1.82, 2.24) is 14.8 Å². The monoisotopic (exact) mass is 488 g/mol. The molecular weight excluding hydrogens is 464 g/mol. The zero-order chi connectivity index (χ0) is 24.8. The number of hydrogen-bond acceptors (Lipinski definition) is 7. The second-order valence-electron chi connectivity index (χ2n) is 7.85. The number of aromatic nitrogens is 3. The molecule has 0 fully saturated rings. The van der Waals surface area contributed by atoms with E-state index in [9.17, 15) is 14.9 Å². The van der Waals surface area contributed by atoms with E-state index >= 15 is 0 Å². The number of anilines is 2. The Morgan fingerprint density at radius 3 is 2.46 bits per heavy atom. The first-order valence-corrected chi connectivity index (χ1v) is 11.8. The van der Waals surface area contributed by atoms with Gasteiger partial charge in [-0.3, -0.25) is 19.5 Å². The molecule has 10 heteroatoms. The molecule has 0 unspecified atom stereocenters. The van der Waals surface area contributed by atoms with Crippen molar-refractivity contribution < 1.29 is 9.72 Å². The summed E-state index contributed by atoms with van der Waals surface area (Å²) in [5, 5.41) is 25.9. The van der Waals surface area contributed by atoms with Crippen LogP contribution in [0.3, 0.4) is 0 Å². The lowest BCUT2D eigenvalue weighted by Crippen LogP contribution is -2.23. The minimum atomic E-state index is -0.491. The quantitative estimate of drug-likeness (QED) is 0.189. The molecule has 3 aromatic carbocycles. The molecule has 2 N–H and O–H groups in total. The van der Waals surface area contributed by atoms with Gasteiger partial charge in [0.05, 0.1) is 16.7 Å². The molecule has 0 aliphatic carbocycles. The molecule has 0 aliphatic rings. The summed E-state index contributed by atoms with van der Waals surface area (Å²) in [6.07, 6.45) is 0. The van der Waals surface area contributed by atoms with Crippen molar-refractivity contribution in [3.8, 4) is 5.69 Å². The number of amides is 1. The van der Waals surface area contributed by atoms with Gasteiger partial charge >= 0.3 is 0 Å². The number of nitro groups is 1. The lowest BCUT2D eigenvalue weighted by molar-refractivity contribution is -0.384. The van der Waals surface area contributed by atoms with Crippen LogP contribution < -0.4 is 10.6 Å². The standard InChI is InChI=1S/C25H24N6O3S/c1-17-7-6-8-20(15-17)26-16-23-28-29-25(30(23)21-9-4-3-5-10-21)35-18(2)24(32)27-19-11-13-22(14-12-19)31(33)34/h3-15,18,26H,16H2,1-2H3,(H,27,32)/t18-/m0/s1. The zero-order valence-corrected chi connectivity index (χ0v) is 20.0. The molecule has 1 heterocycles. The number of carbonyl (C=O) groups is 1. The number of para-hydroxylation sites is 1. The number of carbonyl (C=O) groups excluding carboxylic acids is 1. The molecule has 4 aromatic rings. The smallest absolute Gasteiger partial charge is 0.269 e. The van der Waals surface area contributed by atoms with Gasteiger partial charge in [0.25, 0.3) is 5.69 Å². The first kappa shape index (κ1) is 24.0. The Bertz CT molecular complexity index is 1320. The van der Waals surface area contributed by atoms with Crippen molar-refractivity contribution in [2.45, 2.75) is 30.8 Å². The molecule has 0 bridgehead atoms. The van der Waals surface area contributed by atoms with Gasteiger partial charge in [0.2, 0.25) is 5.91 Å². The molecular formula is C25H24N6O3S. The second kappa shape index (κ2) is 10.8. The predicted octanol–water partition coefficient (Wildman–Crippen LogP) is 5.22. The molecule has 0 aliphatic heterocycles. The summed E-state index contributed by atoms with van der Waals surface area (Å²) in [5.41, 5.74) is 3.49. The van der Waals surface area contributed by atoms with Crippen molar-refractivity contribution in [2.24, 2.45) is 0 Å². The lowest BCUT2D eigenvalue weighted by atomic mass is 10.2. The van der Waals surface area contributed by atoms with Crippen LogP contribution in [0.5, 0.6) is 0 Å². The molecule has 1 aromatic heterocycles. The summed E-state index contributed by atoms with van der Waals surface area (Å²) < 4.78 is 1.93. The second-order valence-corrected chi connectivity index (χ2v) is 9.15. The van der Waals surface area contributed by atoms with Crippen LogP contribution in [-0.2, 0) is 11.3 Å². The third-order valence-corrected chi connectivity index (χ3v) is 6.22. The Morgan fingerprint density at radius 2 is 1.77 bits per heavy atom. The highest BCUT2D eigenvalue weighted by atomic mass is 32.2. The van der Waals surface area contributed by atoms with E-state index in [2.05, 4.69) is 26.9 Å². The number of hydrogen-bond donors (Lipinski definition) is 2. The van der Waals surface area contributed by atoms with Crippen LogP contribution in [0.2, 0.25) is 0 Å². The summed E-state index contributed by atoms with van der Waals surface area (Å²) in [6.45, 7) is 4.27. The van der Waals surface area contributed by atoms with Gasteiger partial charge in [0.15, 0.2) is 11.0 Å². The van der Waals surface area contributed by atoms with Gasteiger partial charge in [-0.2, -0.15) is 0 Å². The Morgan fingerprint density at radius 1 is 1.03 bits per heavy atom. The first-order valence-electron chi connectivity index (χ1n) is 10.9. The number of nitro benzene ring substituents is 1. The van der Waals surface area contributed by atoms with Crippen molar-refractivity contribution >= 4 is 34.7 Å². The average molecular weight is 489 g/mol. The predicted molar refractivity (Wildman–Crippen MR) is 137 cm³/mol. The van der Waals surface area contributed by atoms with Crippen LogP contribution in [0.15, 0.2) is 84.0 Å². The SMILES string of the molecule is Cc1cccc(NCc2nnc(S[C@@H](C)C(=O)Nc3ccc([N+](=O)[O-])cc3)n2-c2ccccc2)c1. The number of rotatable bonds is 9. The van der Waals surface area contributed by atoms with E-state index in [1.54, 1.807) is 6.92 Å². The molecule has 9 nitrogen and oxygen atoms in total. The molecule has 1 atom stereocenters. The van der Waals surface area contributed by atoms with E-state index in [1.807, 2.05) is 60.0 Å². The fraction of sp³-hybridized carbons (Fsp3) is 0.160. The molecule has 0 spiro atoms. The maximum Gasteiger partial charge on any atom is 0.269 e. The summed E-state index contributed by atoms with van der Waals surface area (Å²) in [6, 6.07) is 23.5. The van der Waals surface area contributed by atoms with Gasteiger partial charge in [-0.25, -0.2) is 0 Å². The normalized spacial score (nSPS) is 11.6. The minimum absolute atomic E-state index is 0.0341. The number of aryl methyl sites for hydroxylation is 1. The van der Waals surface area contributed by atoms with Crippen molar-refractivity contribution in [2.75, 3.05) is 10.6 Å². The van der Waals surface area contributed by atoms with E-state index < -0.39 is 10.2 Å². The molecule has 0 radical (unpaired) electrons. The van der Waals surface area contributed by atoms with E-state index in [0.717, 1.165) is 16.9 Å². The fourth-order valence-electron chi connectivity index (χ4n) is 3.39. The molecule has 4 rings (SSSR count). The van der Waals surface area contributed by atoms with Crippen LogP contribution in [-0.4, -0.2) is 30.8 Å². The Kier molecular flexibility index (Phi) is 7.41. The van der Waals surface area contributed by atoms with Gasteiger partial charge in [0, 0.05) is 29.2 Å². The highest BCUT2D eigenvalue weighted by molar-refractivity contribution is 8.00. The Labute approximate surface area is 206 Å². The third-order valence-electron chi connectivity index (χ3n) is 5.18. The van der Waals surface area contributed by atoms with Crippen molar-refractivity contribution in [3.05, 3.63) is 100 Å². The average Bonchev–Trinajstić information content (AvgIpc) is 3.26. The number of nitrogens with zero attached hydrogens (tertiary/aromatic N) is 4. The van der Waals surface area contributed by atoms with Gasteiger partial charge in [-0.15, -0.1) is 10.2 Å². The number of thioether (sulfide) groups is 1. The minimum Gasteiger partial charge on any atom is -0.378 e. The van der Waals surface area contributed by atoms with E-state index in [4.69, 9.17) is 0 Å². The molecule has 0 saturated carbocycles. The largest absolute Gasteiger partial charge is 0.378 e. The maximum atomic E-state index is 12.8. The Hall–Kier alpha value is -4.18. The molecule has 0 saturated heterocycles. The number of non-ortho nitro benzene ring substituents is 1. The lowest BCUT2D eigenvalue weighted by Gasteiger charge is -2.14. The van der Waals surface area contributed by atoms with E-state index in [0.29, 0.717) is 23.2 Å². The number of nitrogens with one attached hydrogen (secondary N) is 2. The van der Waals surface area contributed by atoms with Crippen LogP contribution >= 0.6 is 11.8 Å². The van der Waals surface area contributed by atoms with E-state index in [-0.39, 0.29) is 11.6 Å². The van der Waals surface area contributed by atoms with Crippen LogP contribution in [0.25, 0.3) is 5.69 Å². The first-order chi connectivity index (χ1) is 16.9. The highest BCUT2D eigenvalue weighted by Crippen LogP contribution is 2.27. The van der Waals surface area contributed by atoms with Gasteiger partial charge in [-0.05, 0) is 55.8 Å². The van der Waals surface area contributed by atoms with Crippen LogP contribution in [0.4, 0.5) is 17.1 Å². The summed E-state index contributed by atoms with van der Waals surface area (Å²) in [5.74, 6) is 0.467. The fourth-order valence-corrected chi connectivity index (χ4v) is 4.27. The number of benzene rings is 3. The van der Waals surface area contributed by atoms with E-state index in [1.165, 1.54) is 36.0 Å². The zero-order valence-electron chi connectivity index (χ0n) is 19.2. The highest BCUT2D eigenvalue weighted by Gasteiger charge is 2.21. The summed E-state index contributed by atoms with van der Waals surface area (Å²) in [7, 11) is 0. The van der Waals surface area contributed by atoms with Crippen molar-refractivity contribution in [1.29, 1.82) is 0 Å². The Balaban J connectivity index is 1.51. The molecule has 178 valence electrons. The maximum absolute atomic E-state index is 12.8. The molecule has 1 amide bonds. The summed E-state index contributed by atoms with van der Waals surface area (Å²) >= 11 is 1.29. The van der Waals surface area contributed by atoms with Gasteiger partial charge in [0.1, 0.15) is 0 Å². The van der Waals surface area contributed by atoms with Gasteiger partial charge in [-0.1, -0.05) is 42.1 Å². The topological polar surface area (TPSA) is 115 Å². The van der Waals surface area contributed by atoms with Crippen LogP contribution in [0, 0.1) is 17.0 Å². The summed E-state index contributed by atoms with van der Waals surface area (Å²) in [4.78, 5) is 23.2. The van der Waals surface area contributed by atoms with Gasteiger partial charge < -0.3 is 10.6 Å². The van der Waals surface area contributed by atoms with Crippen LogP contribution in [0.1, 0.15) is 18.3 Å². The molecule has 35 heavy (non-hydrogen) atoms.